The Morgan fingerprint density at radius 3 is 2.33 bits per heavy atom. The number of carbonyl (C=O) groups excluding carboxylic acids is 1. The lowest BCUT2D eigenvalue weighted by molar-refractivity contribution is -0.337. The molecule has 0 unspecified atom stereocenters. The highest BCUT2D eigenvalue weighted by Gasteiger charge is 2.12. The molecule has 9 nitrogen and oxygen atoms in total. The first-order chi connectivity index (χ1) is 11.1. The van der Waals surface area contributed by atoms with Crippen LogP contribution in [0.15, 0.2) is 18.2 Å². The molecule has 0 fully saturated rings. The second-order valence-corrected chi connectivity index (χ2v) is 5.70. The van der Waals surface area contributed by atoms with Gasteiger partial charge in [-0.3, -0.25) is 0 Å². The summed E-state index contributed by atoms with van der Waals surface area (Å²) in [5, 5.41) is 9.59. The average Bonchev–Trinajstić information content (AvgIpc) is 2.45. The zero-order valence-corrected chi connectivity index (χ0v) is 14.6. The third-order valence-electron chi connectivity index (χ3n) is 2.99. The van der Waals surface area contributed by atoms with Gasteiger partial charge in [-0.1, -0.05) is 13.8 Å². The SMILES string of the molecule is CCN(CC)CCCOC(=O)c1ccc(N)cc1O.O=P([O-])([O-])O. The molecule has 24 heavy (non-hydrogen) atoms. The average molecular weight is 362 g/mol. The zero-order chi connectivity index (χ0) is 18.8. The smallest absolute Gasteiger partial charge is 0.341 e. The summed E-state index contributed by atoms with van der Waals surface area (Å²) in [4.78, 5) is 38.3. The normalized spacial score (nSPS) is 10.9. The number of aromatic hydroxyl groups is 1. The summed E-state index contributed by atoms with van der Waals surface area (Å²) in [5.41, 5.74) is 6.06. The van der Waals surface area contributed by atoms with Crippen LogP contribution < -0.4 is 15.5 Å². The van der Waals surface area contributed by atoms with Crippen LogP contribution in [-0.2, 0) is 9.30 Å². The largest absolute Gasteiger partial charge is 0.790 e. The van der Waals surface area contributed by atoms with Gasteiger partial charge in [-0.15, -0.1) is 0 Å². The van der Waals surface area contributed by atoms with Crippen molar-refractivity contribution in [1.29, 1.82) is 0 Å². The molecule has 0 aliphatic heterocycles. The standard InChI is InChI=1S/C14H22N2O3.H3O4P/c1-3-16(4-2)8-5-9-19-14(18)12-7-6-11(15)10-13(12)17;1-5(2,3)4/h6-7,10,17H,3-5,8-9,15H2,1-2H3;(H3,1,2,3,4)/p-2. The van der Waals surface area contributed by atoms with E-state index in [1.165, 1.54) is 12.1 Å². The van der Waals surface area contributed by atoms with Crippen molar-refractivity contribution in [2.24, 2.45) is 0 Å². The van der Waals surface area contributed by atoms with Crippen molar-refractivity contribution in [3.63, 3.8) is 0 Å². The molecule has 0 aliphatic carbocycles. The number of benzene rings is 1. The maximum Gasteiger partial charge on any atom is 0.341 e. The molecule has 138 valence electrons. The van der Waals surface area contributed by atoms with Crippen molar-refractivity contribution in [2.45, 2.75) is 20.3 Å². The number of hydrogen-bond donors (Lipinski definition) is 3. The maximum atomic E-state index is 11.7. The van der Waals surface area contributed by atoms with Crippen LogP contribution in [0.25, 0.3) is 0 Å². The molecule has 0 atom stereocenters. The summed E-state index contributed by atoms with van der Waals surface area (Å²) < 4.78 is 13.8. The van der Waals surface area contributed by atoms with E-state index in [1.807, 2.05) is 0 Å². The van der Waals surface area contributed by atoms with E-state index < -0.39 is 13.8 Å². The van der Waals surface area contributed by atoms with E-state index in [2.05, 4.69) is 18.7 Å². The number of nitrogens with zero attached hydrogens (tertiary/aromatic N) is 1. The minimum Gasteiger partial charge on any atom is -0.790 e. The van der Waals surface area contributed by atoms with E-state index in [0.717, 1.165) is 26.1 Å². The Hall–Kier alpha value is -1.64. The third kappa shape index (κ3) is 11.0. The van der Waals surface area contributed by atoms with Crippen molar-refractivity contribution < 1.29 is 33.9 Å². The van der Waals surface area contributed by atoms with Crippen LogP contribution >= 0.6 is 7.82 Å². The van der Waals surface area contributed by atoms with E-state index in [4.69, 9.17) is 29.7 Å². The predicted molar refractivity (Wildman–Crippen MR) is 85.0 cm³/mol. The molecule has 0 bridgehead atoms. The molecule has 1 aromatic rings. The van der Waals surface area contributed by atoms with Gasteiger partial charge in [0, 0.05) is 18.3 Å². The molecule has 0 amide bonds. The topological polar surface area (TPSA) is 159 Å². The summed E-state index contributed by atoms with van der Waals surface area (Å²) in [5.74, 6) is -0.661. The fraction of sp³-hybridized carbons (Fsp3) is 0.500. The second-order valence-electron chi connectivity index (χ2n) is 4.76. The minimum absolute atomic E-state index is 0.145. The Morgan fingerprint density at radius 2 is 1.88 bits per heavy atom. The van der Waals surface area contributed by atoms with Crippen LogP contribution in [0.3, 0.4) is 0 Å². The van der Waals surface area contributed by atoms with Crippen LogP contribution in [0.1, 0.15) is 30.6 Å². The summed E-state index contributed by atoms with van der Waals surface area (Å²) in [6.45, 7) is 7.42. The van der Waals surface area contributed by atoms with Gasteiger partial charge in [-0.05, 0) is 31.6 Å². The molecule has 0 aromatic heterocycles. The number of phenolic OH excluding ortho intramolecular Hbond substituents is 1. The van der Waals surface area contributed by atoms with Crippen LogP contribution in [-0.4, -0.2) is 47.1 Å². The summed E-state index contributed by atoms with van der Waals surface area (Å²) in [6.07, 6.45) is 0.781. The monoisotopic (exact) mass is 362 g/mol. The molecule has 4 N–H and O–H groups in total. The van der Waals surface area contributed by atoms with E-state index in [0.29, 0.717) is 12.3 Å². The van der Waals surface area contributed by atoms with E-state index in [-0.39, 0.29) is 11.3 Å². The first kappa shape index (κ1) is 22.4. The van der Waals surface area contributed by atoms with Gasteiger partial charge in [0.1, 0.15) is 11.3 Å². The number of nitrogens with two attached hydrogens (primary N) is 1. The van der Waals surface area contributed by atoms with Gasteiger partial charge < -0.3 is 39.7 Å². The predicted octanol–water partition coefficient (Wildman–Crippen LogP) is -0.329. The minimum atomic E-state index is -5.14. The first-order valence-electron chi connectivity index (χ1n) is 7.31. The van der Waals surface area contributed by atoms with Gasteiger partial charge in [0.2, 0.25) is 0 Å². The molecular formula is C14H23N2O7P-2. The fourth-order valence-corrected chi connectivity index (χ4v) is 1.79. The highest BCUT2D eigenvalue weighted by molar-refractivity contribution is 7.42. The maximum absolute atomic E-state index is 11.7. The Bertz CT molecular complexity index is 550. The summed E-state index contributed by atoms with van der Waals surface area (Å²) in [6, 6.07) is 4.37. The number of rotatable bonds is 7. The van der Waals surface area contributed by atoms with Gasteiger partial charge in [0.15, 0.2) is 0 Å². The van der Waals surface area contributed by atoms with Crippen LogP contribution in [0.2, 0.25) is 0 Å². The molecule has 0 aliphatic rings. The van der Waals surface area contributed by atoms with Crippen LogP contribution in [0, 0.1) is 0 Å². The van der Waals surface area contributed by atoms with Gasteiger partial charge in [0.25, 0.3) is 0 Å². The lowest BCUT2D eigenvalue weighted by Crippen LogP contribution is -2.25. The molecule has 0 radical (unpaired) electrons. The Balaban J connectivity index is 0.000000922. The number of carbonyl (C=O) groups is 1. The van der Waals surface area contributed by atoms with Gasteiger partial charge in [0.05, 0.1) is 14.4 Å². The molecule has 0 saturated heterocycles. The first-order valence-corrected chi connectivity index (χ1v) is 8.80. The lowest BCUT2D eigenvalue weighted by Gasteiger charge is -2.19. The molecule has 0 heterocycles. The molecule has 0 spiro atoms. The summed E-state index contributed by atoms with van der Waals surface area (Å²) >= 11 is 0. The number of nitrogen functional groups attached to an aromatic ring is 1. The summed E-state index contributed by atoms with van der Waals surface area (Å²) in [7, 11) is -5.14. The van der Waals surface area contributed by atoms with Crippen molar-refractivity contribution in [3.05, 3.63) is 23.8 Å². The highest BCUT2D eigenvalue weighted by atomic mass is 31.2. The molecule has 1 aromatic carbocycles. The van der Waals surface area contributed by atoms with Crippen molar-refractivity contribution in [3.8, 4) is 5.75 Å². The molecule has 1 rings (SSSR count). The number of esters is 1. The van der Waals surface area contributed by atoms with Crippen LogP contribution in [0.5, 0.6) is 5.75 Å². The number of ether oxygens (including phenoxy) is 1. The van der Waals surface area contributed by atoms with Gasteiger partial charge in [-0.2, -0.15) is 0 Å². The number of phosphoric acid groups is 1. The Morgan fingerprint density at radius 1 is 1.33 bits per heavy atom. The van der Waals surface area contributed by atoms with Crippen molar-refractivity contribution >= 4 is 19.5 Å². The van der Waals surface area contributed by atoms with E-state index in [9.17, 15) is 9.90 Å². The van der Waals surface area contributed by atoms with Gasteiger partial charge in [-0.25, -0.2) is 4.79 Å². The number of anilines is 1. The molecule has 0 saturated carbocycles. The third-order valence-corrected chi connectivity index (χ3v) is 2.99. The van der Waals surface area contributed by atoms with Crippen molar-refractivity contribution in [1.82, 2.24) is 4.90 Å². The van der Waals surface area contributed by atoms with E-state index in [1.54, 1.807) is 6.07 Å². The second kappa shape index (κ2) is 11.0. The van der Waals surface area contributed by atoms with E-state index >= 15 is 0 Å². The fourth-order valence-electron chi connectivity index (χ4n) is 1.79. The zero-order valence-electron chi connectivity index (χ0n) is 13.7. The van der Waals surface area contributed by atoms with Crippen LogP contribution in [0.4, 0.5) is 5.69 Å². The molecule has 10 heteroatoms. The van der Waals surface area contributed by atoms with Gasteiger partial charge >= 0.3 is 5.97 Å². The molecular weight excluding hydrogens is 339 g/mol. The van der Waals surface area contributed by atoms with Crippen molar-refractivity contribution in [2.75, 3.05) is 32.0 Å². The quantitative estimate of drug-likeness (QED) is 0.255. The highest BCUT2D eigenvalue weighted by Crippen LogP contribution is 2.20. The Labute approximate surface area is 140 Å². The number of phenols is 1. The number of hydrogen-bond acceptors (Lipinski definition) is 8. The Kier molecular flexibility index (Phi) is 10.3. The lowest BCUT2D eigenvalue weighted by atomic mass is 10.2.